The Bertz CT molecular complexity index is 321. The van der Waals surface area contributed by atoms with Gasteiger partial charge in [-0.2, -0.15) is 0 Å². The number of rotatable bonds is 2. The molecule has 0 saturated carbocycles. The molecule has 1 atom stereocenters. The van der Waals surface area contributed by atoms with E-state index in [1.165, 1.54) is 6.07 Å². The number of aryl methyl sites for hydroxylation is 1. The molecule has 0 aliphatic carbocycles. The summed E-state index contributed by atoms with van der Waals surface area (Å²) in [4.78, 5) is 3.66. The Morgan fingerprint density at radius 1 is 1.43 bits per heavy atom. The van der Waals surface area contributed by atoms with Crippen LogP contribution < -0.4 is 5.73 Å². The Balaban J connectivity index is 3.20. The summed E-state index contributed by atoms with van der Waals surface area (Å²) in [6, 6.07) is 0.0256. The number of halogens is 4. The number of pyridine rings is 1. The second kappa shape index (κ2) is 4.38. The van der Waals surface area contributed by atoms with Crippen molar-refractivity contribution in [2.75, 3.05) is 0 Å². The molecule has 0 aliphatic rings. The molecule has 1 rings (SSSR count). The van der Waals surface area contributed by atoms with Crippen LogP contribution in [0.3, 0.4) is 0 Å². The molecule has 0 amide bonds. The maximum atomic E-state index is 12.3. The third-order valence-electron chi connectivity index (χ3n) is 1.79. The van der Waals surface area contributed by atoms with Crippen LogP contribution in [0.4, 0.5) is 8.78 Å². The largest absolute Gasteiger partial charge is 0.319 e. The summed E-state index contributed by atoms with van der Waals surface area (Å²) in [6.45, 7) is 1.61. The SMILES string of the molecule is Cc1cc(Cl)nc(Cl)c1C(N)C(F)F. The standard InChI is InChI=1S/C8H8Cl2F2N2/c1-3-2-4(9)14-7(10)5(3)6(13)8(11)12/h2,6,8H,13H2,1H3. The van der Waals surface area contributed by atoms with E-state index in [1.54, 1.807) is 6.92 Å². The average molecular weight is 241 g/mol. The van der Waals surface area contributed by atoms with E-state index in [0.29, 0.717) is 5.56 Å². The second-order valence-corrected chi connectivity index (χ2v) is 3.57. The Hall–Kier alpha value is -0.450. The Morgan fingerprint density at radius 3 is 2.43 bits per heavy atom. The maximum Gasteiger partial charge on any atom is 0.257 e. The molecule has 0 fully saturated rings. The summed E-state index contributed by atoms with van der Waals surface area (Å²) in [6.07, 6.45) is -2.67. The van der Waals surface area contributed by atoms with Gasteiger partial charge in [-0.15, -0.1) is 0 Å². The highest BCUT2D eigenvalue weighted by atomic mass is 35.5. The molecular formula is C8H8Cl2F2N2. The molecule has 78 valence electrons. The molecule has 14 heavy (non-hydrogen) atoms. The summed E-state index contributed by atoms with van der Waals surface area (Å²) in [5, 5.41) is 0.0977. The third-order valence-corrected chi connectivity index (χ3v) is 2.27. The van der Waals surface area contributed by atoms with Gasteiger partial charge >= 0.3 is 0 Å². The number of aromatic nitrogens is 1. The normalized spacial score (nSPS) is 13.4. The molecule has 0 spiro atoms. The molecule has 0 aromatic carbocycles. The van der Waals surface area contributed by atoms with Crippen LogP contribution in [-0.2, 0) is 0 Å². The van der Waals surface area contributed by atoms with E-state index in [1.807, 2.05) is 0 Å². The Kier molecular flexibility index (Phi) is 3.64. The molecule has 1 aromatic rings. The second-order valence-electron chi connectivity index (χ2n) is 2.83. The van der Waals surface area contributed by atoms with Crippen molar-refractivity contribution in [1.82, 2.24) is 4.98 Å². The van der Waals surface area contributed by atoms with Crippen LogP contribution in [0.2, 0.25) is 10.3 Å². The zero-order valence-electron chi connectivity index (χ0n) is 7.27. The van der Waals surface area contributed by atoms with Crippen LogP contribution >= 0.6 is 23.2 Å². The highest BCUT2D eigenvalue weighted by Gasteiger charge is 2.23. The first-order valence-corrected chi connectivity index (χ1v) is 4.55. The van der Waals surface area contributed by atoms with E-state index in [4.69, 9.17) is 28.9 Å². The van der Waals surface area contributed by atoms with Crippen LogP contribution in [0.25, 0.3) is 0 Å². The summed E-state index contributed by atoms with van der Waals surface area (Å²) < 4.78 is 24.7. The molecule has 6 heteroatoms. The maximum absolute atomic E-state index is 12.3. The van der Waals surface area contributed by atoms with Crippen molar-refractivity contribution in [3.63, 3.8) is 0 Å². The fraction of sp³-hybridized carbons (Fsp3) is 0.375. The van der Waals surface area contributed by atoms with E-state index in [2.05, 4.69) is 4.98 Å². The predicted octanol–water partition coefficient (Wildman–Crippen LogP) is 2.96. The van der Waals surface area contributed by atoms with Gasteiger partial charge in [0.2, 0.25) is 0 Å². The van der Waals surface area contributed by atoms with Crippen LogP contribution in [0.5, 0.6) is 0 Å². The molecule has 0 aliphatic heterocycles. The van der Waals surface area contributed by atoms with Crippen molar-refractivity contribution in [2.24, 2.45) is 5.73 Å². The summed E-state index contributed by atoms with van der Waals surface area (Å²) in [7, 11) is 0. The number of alkyl halides is 2. The smallest absolute Gasteiger partial charge is 0.257 e. The van der Waals surface area contributed by atoms with Gasteiger partial charge in [-0.3, -0.25) is 0 Å². The van der Waals surface area contributed by atoms with E-state index in [-0.39, 0.29) is 15.9 Å². The fourth-order valence-corrected chi connectivity index (χ4v) is 1.79. The lowest BCUT2D eigenvalue weighted by Gasteiger charge is -2.14. The monoisotopic (exact) mass is 240 g/mol. The van der Waals surface area contributed by atoms with Crippen LogP contribution in [-0.4, -0.2) is 11.4 Å². The Morgan fingerprint density at radius 2 is 2.00 bits per heavy atom. The number of nitrogens with two attached hydrogens (primary N) is 1. The molecule has 0 saturated heterocycles. The van der Waals surface area contributed by atoms with Gasteiger partial charge in [0.05, 0.1) is 6.04 Å². The summed E-state index contributed by atoms with van der Waals surface area (Å²) in [5.74, 6) is 0. The topological polar surface area (TPSA) is 38.9 Å². The minimum Gasteiger partial charge on any atom is -0.319 e. The van der Waals surface area contributed by atoms with Crippen LogP contribution in [0.1, 0.15) is 17.2 Å². The third kappa shape index (κ3) is 2.32. The number of hydrogen-bond acceptors (Lipinski definition) is 2. The van der Waals surface area contributed by atoms with Gasteiger partial charge < -0.3 is 5.73 Å². The van der Waals surface area contributed by atoms with Gasteiger partial charge in [0.15, 0.2) is 0 Å². The lowest BCUT2D eigenvalue weighted by atomic mass is 10.1. The highest BCUT2D eigenvalue weighted by molar-refractivity contribution is 6.33. The predicted molar refractivity (Wildman–Crippen MR) is 51.9 cm³/mol. The van der Waals surface area contributed by atoms with E-state index < -0.39 is 12.5 Å². The molecule has 2 N–H and O–H groups in total. The van der Waals surface area contributed by atoms with Crippen LogP contribution in [0.15, 0.2) is 6.07 Å². The number of hydrogen-bond donors (Lipinski definition) is 1. The zero-order valence-corrected chi connectivity index (χ0v) is 8.78. The van der Waals surface area contributed by atoms with Crippen molar-refractivity contribution in [3.8, 4) is 0 Å². The van der Waals surface area contributed by atoms with Gasteiger partial charge in [-0.25, -0.2) is 13.8 Å². The minimum absolute atomic E-state index is 0.0669. The van der Waals surface area contributed by atoms with Crippen molar-refractivity contribution in [1.29, 1.82) is 0 Å². The summed E-state index contributed by atoms with van der Waals surface area (Å²) in [5.41, 5.74) is 5.93. The lowest BCUT2D eigenvalue weighted by molar-refractivity contribution is 0.116. The van der Waals surface area contributed by atoms with Crippen molar-refractivity contribution >= 4 is 23.2 Å². The fourth-order valence-electron chi connectivity index (χ4n) is 1.13. The van der Waals surface area contributed by atoms with Gasteiger partial charge in [0.25, 0.3) is 6.43 Å². The molecule has 0 radical (unpaired) electrons. The molecular weight excluding hydrogens is 233 g/mol. The van der Waals surface area contributed by atoms with Crippen molar-refractivity contribution in [3.05, 3.63) is 27.5 Å². The van der Waals surface area contributed by atoms with E-state index >= 15 is 0 Å². The molecule has 1 aromatic heterocycles. The van der Waals surface area contributed by atoms with E-state index in [0.717, 1.165) is 0 Å². The minimum atomic E-state index is -2.67. The van der Waals surface area contributed by atoms with Gasteiger partial charge in [-0.05, 0) is 18.6 Å². The molecule has 1 heterocycles. The first kappa shape index (κ1) is 11.6. The summed E-state index contributed by atoms with van der Waals surface area (Å²) >= 11 is 11.2. The van der Waals surface area contributed by atoms with E-state index in [9.17, 15) is 8.78 Å². The lowest BCUT2D eigenvalue weighted by Crippen LogP contribution is -2.20. The zero-order chi connectivity index (χ0) is 10.9. The highest BCUT2D eigenvalue weighted by Crippen LogP contribution is 2.29. The van der Waals surface area contributed by atoms with Gasteiger partial charge in [0.1, 0.15) is 10.3 Å². The quantitative estimate of drug-likeness (QED) is 0.808. The number of nitrogens with zero attached hydrogens (tertiary/aromatic N) is 1. The van der Waals surface area contributed by atoms with Gasteiger partial charge in [0, 0.05) is 5.56 Å². The average Bonchev–Trinajstić information content (AvgIpc) is 2.01. The Labute approximate surface area is 90.0 Å². The molecule has 0 bridgehead atoms. The van der Waals surface area contributed by atoms with Gasteiger partial charge in [-0.1, -0.05) is 23.2 Å². The van der Waals surface area contributed by atoms with Crippen molar-refractivity contribution in [2.45, 2.75) is 19.4 Å². The first-order chi connectivity index (χ1) is 6.43. The molecule has 2 nitrogen and oxygen atoms in total. The first-order valence-electron chi connectivity index (χ1n) is 3.79. The van der Waals surface area contributed by atoms with Crippen molar-refractivity contribution < 1.29 is 8.78 Å². The van der Waals surface area contributed by atoms with Crippen LogP contribution in [0, 0.1) is 6.92 Å². The molecule has 1 unspecified atom stereocenters.